The van der Waals surface area contributed by atoms with Crippen LogP contribution in [0.5, 0.6) is 5.75 Å². The molecule has 4 aromatic rings. The number of rotatable bonds is 8. The first-order valence-corrected chi connectivity index (χ1v) is 16.0. The number of aromatic carboxylic acids is 1. The lowest BCUT2D eigenvalue weighted by molar-refractivity contribution is -0.137. The van der Waals surface area contributed by atoms with Gasteiger partial charge < -0.3 is 14.6 Å². The van der Waals surface area contributed by atoms with E-state index in [0.717, 1.165) is 30.3 Å². The highest BCUT2D eigenvalue weighted by molar-refractivity contribution is 5.89. The van der Waals surface area contributed by atoms with E-state index >= 15 is 4.39 Å². The van der Waals surface area contributed by atoms with Gasteiger partial charge in [-0.05, 0) is 108 Å². The number of fused-ring (bicyclic) bond motifs is 1. The van der Waals surface area contributed by atoms with Gasteiger partial charge in [0, 0.05) is 29.7 Å². The van der Waals surface area contributed by atoms with Gasteiger partial charge in [-0.25, -0.2) is 27.2 Å². The molecule has 0 aliphatic carbocycles. The predicted molar refractivity (Wildman–Crippen MR) is 173 cm³/mol. The van der Waals surface area contributed by atoms with Crippen LogP contribution in [0.15, 0.2) is 66.7 Å². The van der Waals surface area contributed by atoms with E-state index in [1.54, 1.807) is 6.92 Å². The van der Waals surface area contributed by atoms with Crippen molar-refractivity contribution in [2.24, 2.45) is 0 Å². The number of hydrogen-bond acceptors (Lipinski definition) is 4. The highest BCUT2D eigenvalue weighted by Crippen LogP contribution is 2.50. The molecule has 3 atom stereocenters. The second-order valence-electron chi connectivity index (χ2n) is 12.9. The summed E-state index contributed by atoms with van der Waals surface area (Å²) in [6, 6.07) is 11.4. The molecule has 2 aliphatic heterocycles. The molecule has 1 N–H and O–H groups in total. The normalized spacial score (nSPS) is 19.1. The number of carbonyl (C=O) groups is 2. The number of ether oxygens (including phenoxy) is 2. The zero-order valence-corrected chi connectivity index (χ0v) is 27.6. The molecular formula is C38H32F7NO5. The zero-order chi connectivity index (χ0) is 37.0. The molecule has 2 aliphatic rings. The van der Waals surface area contributed by atoms with Crippen molar-refractivity contribution in [1.82, 2.24) is 4.90 Å². The molecule has 2 saturated heterocycles. The van der Waals surface area contributed by atoms with Gasteiger partial charge >= 0.3 is 18.2 Å². The molecule has 0 saturated carbocycles. The molecule has 51 heavy (non-hydrogen) atoms. The van der Waals surface area contributed by atoms with Crippen molar-refractivity contribution in [3.63, 3.8) is 0 Å². The number of piperidine rings is 1. The minimum Gasteiger partial charge on any atom is -0.496 e. The standard InChI is InChI=1S/C38H32F7NO5/c1-19-11-21(35(47)48)7-9-25(19)27-16-29(33(50-3)17-30(27)40)26-10-8-23(38(43,44)45)15-28(26)31-5-4-6-32-34(51-36(49)46(31)32)22-12-20(18-39)13-24(14-22)37(2,41)42/h7-17,31-32,34H,4-6,18H2,1-3H3,(H,47,48). The fourth-order valence-electron chi connectivity index (χ4n) is 7.15. The molecule has 6 nitrogen and oxygen atoms in total. The molecule has 0 spiro atoms. The molecule has 3 unspecified atom stereocenters. The van der Waals surface area contributed by atoms with Crippen molar-refractivity contribution in [3.8, 4) is 28.0 Å². The van der Waals surface area contributed by atoms with Gasteiger partial charge in [0.15, 0.2) is 0 Å². The molecule has 268 valence electrons. The van der Waals surface area contributed by atoms with Gasteiger partial charge in [-0.2, -0.15) is 13.2 Å². The number of carboxylic acid groups (broad SMARTS) is 1. The van der Waals surface area contributed by atoms with Gasteiger partial charge in [-0.3, -0.25) is 4.90 Å². The fraction of sp³-hybridized carbons (Fsp3) is 0.316. The largest absolute Gasteiger partial charge is 0.496 e. The summed E-state index contributed by atoms with van der Waals surface area (Å²) in [6.45, 7) is 1.21. The molecular weight excluding hydrogens is 683 g/mol. The van der Waals surface area contributed by atoms with Crippen LogP contribution >= 0.6 is 0 Å². The highest BCUT2D eigenvalue weighted by atomic mass is 19.4. The number of aryl methyl sites for hydroxylation is 1. The van der Waals surface area contributed by atoms with Crippen molar-refractivity contribution < 1.29 is 54.9 Å². The Morgan fingerprint density at radius 1 is 0.922 bits per heavy atom. The smallest absolute Gasteiger partial charge is 0.416 e. The van der Waals surface area contributed by atoms with Crippen LogP contribution in [0.3, 0.4) is 0 Å². The molecule has 2 fully saturated rings. The summed E-state index contributed by atoms with van der Waals surface area (Å²) in [4.78, 5) is 26.4. The first kappa shape index (κ1) is 35.7. The maximum atomic E-state index is 15.6. The molecule has 0 aromatic heterocycles. The number of carbonyl (C=O) groups excluding carboxylic acids is 1. The SMILES string of the molecule is COc1cc(F)c(-c2ccc(C(=O)O)cc2C)cc1-c1ccc(C(F)(F)F)cc1C1CCCC2C(c3cc(CF)cc(C(C)(F)F)c3)OC(=O)N12. The highest BCUT2D eigenvalue weighted by Gasteiger charge is 2.49. The molecule has 4 aromatic carbocycles. The van der Waals surface area contributed by atoms with Gasteiger partial charge in [0.2, 0.25) is 0 Å². The van der Waals surface area contributed by atoms with Crippen LogP contribution in [0.25, 0.3) is 22.3 Å². The van der Waals surface area contributed by atoms with Crippen LogP contribution in [0, 0.1) is 12.7 Å². The number of alkyl halides is 6. The van der Waals surface area contributed by atoms with Crippen molar-refractivity contribution in [2.45, 2.75) is 70.1 Å². The van der Waals surface area contributed by atoms with E-state index in [9.17, 15) is 41.0 Å². The first-order valence-electron chi connectivity index (χ1n) is 16.0. The molecule has 2 heterocycles. The average Bonchev–Trinajstić information content (AvgIpc) is 3.43. The number of hydrogen-bond donors (Lipinski definition) is 1. The lowest BCUT2D eigenvalue weighted by atomic mass is 9.83. The summed E-state index contributed by atoms with van der Waals surface area (Å²) < 4.78 is 112. The summed E-state index contributed by atoms with van der Waals surface area (Å²) in [5.74, 6) is -5.25. The van der Waals surface area contributed by atoms with Crippen LogP contribution < -0.4 is 4.74 Å². The monoisotopic (exact) mass is 715 g/mol. The minimum atomic E-state index is -4.77. The average molecular weight is 716 g/mol. The summed E-state index contributed by atoms with van der Waals surface area (Å²) in [7, 11) is 1.27. The molecule has 1 amide bonds. The maximum absolute atomic E-state index is 15.6. The third kappa shape index (κ3) is 6.73. The van der Waals surface area contributed by atoms with Crippen LogP contribution in [0.4, 0.5) is 35.5 Å². The van der Waals surface area contributed by atoms with Crippen LogP contribution in [-0.2, 0) is 23.5 Å². The number of cyclic esters (lactones) is 1. The Balaban J connectivity index is 1.50. The number of methoxy groups -OCH3 is 1. The number of carboxylic acids is 1. The molecule has 13 heteroatoms. The third-order valence-corrected chi connectivity index (χ3v) is 9.54. The van der Waals surface area contributed by atoms with E-state index in [1.165, 1.54) is 48.4 Å². The summed E-state index contributed by atoms with van der Waals surface area (Å²) >= 11 is 0. The van der Waals surface area contributed by atoms with E-state index < -0.39 is 66.0 Å². The van der Waals surface area contributed by atoms with Crippen molar-refractivity contribution in [1.29, 1.82) is 0 Å². The summed E-state index contributed by atoms with van der Waals surface area (Å²) in [5.41, 5.74) is -0.116. The second-order valence-corrected chi connectivity index (χ2v) is 12.9. The van der Waals surface area contributed by atoms with Gasteiger partial charge in [-0.15, -0.1) is 0 Å². The Labute approximate surface area is 288 Å². The third-order valence-electron chi connectivity index (χ3n) is 9.54. The van der Waals surface area contributed by atoms with E-state index in [0.29, 0.717) is 30.9 Å². The zero-order valence-electron chi connectivity index (χ0n) is 27.6. The Kier molecular flexibility index (Phi) is 9.28. The number of benzene rings is 4. The Morgan fingerprint density at radius 2 is 1.65 bits per heavy atom. The van der Waals surface area contributed by atoms with Crippen molar-refractivity contribution in [2.75, 3.05) is 7.11 Å². The van der Waals surface area contributed by atoms with Crippen molar-refractivity contribution >= 4 is 12.1 Å². The van der Waals surface area contributed by atoms with E-state index in [-0.39, 0.29) is 51.1 Å². The van der Waals surface area contributed by atoms with E-state index in [1.807, 2.05) is 0 Å². The van der Waals surface area contributed by atoms with Gasteiger partial charge in [0.1, 0.15) is 24.3 Å². The second kappa shape index (κ2) is 13.2. The molecule has 6 rings (SSSR count). The van der Waals surface area contributed by atoms with Gasteiger partial charge in [-0.1, -0.05) is 12.1 Å². The quantitative estimate of drug-likeness (QED) is 0.184. The van der Waals surface area contributed by atoms with Crippen LogP contribution in [0.1, 0.15) is 82.1 Å². The molecule has 0 bridgehead atoms. The summed E-state index contributed by atoms with van der Waals surface area (Å²) in [5, 5.41) is 9.40. The Morgan fingerprint density at radius 3 is 2.27 bits per heavy atom. The lowest BCUT2D eigenvalue weighted by Gasteiger charge is -2.38. The van der Waals surface area contributed by atoms with Crippen LogP contribution in [-0.4, -0.2) is 35.2 Å². The fourth-order valence-corrected chi connectivity index (χ4v) is 7.15. The first-order chi connectivity index (χ1) is 24.0. The number of halogens is 7. The van der Waals surface area contributed by atoms with Crippen LogP contribution in [0.2, 0.25) is 0 Å². The van der Waals surface area contributed by atoms with Crippen molar-refractivity contribution in [3.05, 3.63) is 111 Å². The number of amides is 1. The van der Waals surface area contributed by atoms with Gasteiger partial charge in [0.25, 0.3) is 5.92 Å². The predicted octanol–water partition coefficient (Wildman–Crippen LogP) is 10.6. The topological polar surface area (TPSA) is 76.1 Å². The Hall–Kier alpha value is -5.07. The minimum absolute atomic E-state index is 0.0117. The molecule has 0 radical (unpaired) electrons. The summed E-state index contributed by atoms with van der Waals surface area (Å²) in [6.07, 6.45) is -5.81. The Bertz CT molecular complexity index is 2020. The number of nitrogens with zero attached hydrogens (tertiary/aromatic N) is 1. The lowest BCUT2D eigenvalue weighted by Crippen LogP contribution is -2.41. The van der Waals surface area contributed by atoms with Gasteiger partial charge in [0.05, 0.1) is 30.3 Å². The van der Waals surface area contributed by atoms with E-state index in [4.69, 9.17) is 9.47 Å². The van der Waals surface area contributed by atoms with E-state index in [2.05, 4.69) is 0 Å². The maximum Gasteiger partial charge on any atom is 0.416 e.